The van der Waals surface area contributed by atoms with Crippen LogP contribution < -0.4 is 21.5 Å². The van der Waals surface area contributed by atoms with E-state index in [2.05, 4.69) is 37.9 Å². The molecule has 0 bridgehead atoms. The third-order valence-corrected chi connectivity index (χ3v) is 4.91. The van der Waals surface area contributed by atoms with Crippen LogP contribution in [0.5, 0.6) is 0 Å². The summed E-state index contributed by atoms with van der Waals surface area (Å²) in [6.45, 7) is 2.72. The Balaban J connectivity index is 1.57. The summed E-state index contributed by atoms with van der Waals surface area (Å²) >= 11 is 0. The zero-order chi connectivity index (χ0) is 19.5. The number of para-hydroxylation sites is 1. The van der Waals surface area contributed by atoms with Crippen molar-refractivity contribution in [3.8, 4) is 0 Å². The van der Waals surface area contributed by atoms with Crippen LogP contribution in [0.3, 0.4) is 0 Å². The van der Waals surface area contributed by atoms with Gasteiger partial charge in [-0.05, 0) is 43.0 Å². The number of rotatable bonds is 4. The number of hydrogen-bond donors (Lipinski definition) is 3. The van der Waals surface area contributed by atoms with E-state index >= 15 is 0 Å². The van der Waals surface area contributed by atoms with Crippen molar-refractivity contribution in [2.45, 2.75) is 19.8 Å². The molecule has 7 nitrogen and oxygen atoms in total. The van der Waals surface area contributed by atoms with E-state index < -0.39 is 0 Å². The van der Waals surface area contributed by atoms with Gasteiger partial charge in [0.1, 0.15) is 12.0 Å². The number of nitrogens with zero attached hydrogens (tertiary/aromatic N) is 3. The quantitative estimate of drug-likeness (QED) is 0.607. The first-order valence-corrected chi connectivity index (χ1v) is 9.23. The van der Waals surface area contributed by atoms with E-state index in [1.54, 1.807) is 6.07 Å². The predicted octanol–water partition coefficient (Wildman–Crippen LogP) is 3.21. The van der Waals surface area contributed by atoms with Gasteiger partial charge in [0.25, 0.3) is 5.91 Å². The highest BCUT2D eigenvalue weighted by atomic mass is 16.2. The Bertz CT molecular complexity index is 1020. The molecule has 3 aromatic rings. The Morgan fingerprint density at radius 3 is 2.75 bits per heavy atom. The Labute approximate surface area is 163 Å². The molecule has 0 saturated carbocycles. The molecule has 2 aromatic carbocycles. The highest BCUT2D eigenvalue weighted by Gasteiger charge is 2.22. The van der Waals surface area contributed by atoms with Crippen LogP contribution >= 0.6 is 0 Å². The number of carbonyl (C=O) groups excluding carboxylic acids is 1. The van der Waals surface area contributed by atoms with E-state index in [1.807, 2.05) is 37.3 Å². The smallest absolute Gasteiger partial charge is 0.269 e. The number of aromatic nitrogens is 2. The minimum Gasteiger partial charge on any atom is -0.393 e. The molecule has 4 rings (SSSR count). The lowest BCUT2D eigenvalue weighted by atomic mass is 10.0. The Morgan fingerprint density at radius 2 is 1.89 bits per heavy atom. The number of hydrazine groups is 1. The first-order valence-electron chi connectivity index (χ1n) is 9.23. The average Bonchev–Trinajstić information content (AvgIpc) is 2.73. The van der Waals surface area contributed by atoms with Gasteiger partial charge in [0, 0.05) is 17.8 Å². The van der Waals surface area contributed by atoms with Gasteiger partial charge in [0.05, 0.1) is 0 Å². The second-order valence-corrected chi connectivity index (χ2v) is 6.74. The van der Waals surface area contributed by atoms with Gasteiger partial charge < -0.3 is 10.6 Å². The number of amides is 1. The summed E-state index contributed by atoms with van der Waals surface area (Å²) in [7, 11) is 0. The first kappa shape index (κ1) is 17.8. The standard InChI is InChI=1S/C21H22N6O/c1-14-7-2-4-10-16(14)21(28)26-25-19-18(22)20(24-13-23-19)27-12-6-9-15-8-3-5-11-17(15)27/h2-5,7-8,10-11,13H,6,9,12,22H2,1H3,(H,26,28)(H,23,24,25). The van der Waals surface area contributed by atoms with E-state index in [-0.39, 0.29) is 5.91 Å². The molecule has 7 heteroatoms. The van der Waals surface area contributed by atoms with Crippen molar-refractivity contribution in [2.24, 2.45) is 0 Å². The summed E-state index contributed by atoms with van der Waals surface area (Å²) in [6.07, 6.45) is 3.51. The molecular weight excluding hydrogens is 352 g/mol. The molecule has 0 spiro atoms. The monoisotopic (exact) mass is 374 g/mol. The number of hydrogen-bond acceptors (Lipinski definition) is 6. The van der Waals surface area contributed by atoms with Gasteiger partial charge >= 0.3 is 0 Å². The van der Waals surface area contributed by atoms with Crippen LogP contribution in [0.15, 0.2) is 54.9 Å². The van der Waals surface area contributed by atoms with Crippen LogP contribution in [0.4, 0.5) is 23.0 Å². The minimum absolute atomic E-state index is 0.249. The van der Waals surface area contributed by atoms with Crippen LogP contribution in [0, 0.1) is 6.92 Å². The van der Waals surface area contributed by atoms with E-state index in [1.165, 1.54) is 11.9 Å². The lowest BCUT2D eigenvalue weighted by molar-refractivity contribution is 0.0962. The maximum atomic E-state index is 12.4. The molecule has 0 fully saturated rings. The summed E-state index contributed by atoms with van der Waals surface area (Å²) in [4.78, 5) is 23.1. The molecule has 0 aliphatic carbocycles. The third kappa shape index (κ3) is 3.34. The number of nitrogens with two attached hydrogens (primary N) is 1. The van der Waals surface area contributed by atoms with E-state index in [0.29, 0.717) is 22.9 Å². The molecule has 0 saturated heterocycles. The van der Waals surface area contributed by atoms with Gasteiger partial charge in [-0.1, -0.05) is 36.4 Å². The molecular formula is C21H22N6O. The highest BCUT2D eigenvalue weighted by molar-refractivity contribution is 5.96. The molecule has 1 amide bonds. The molecule has 0 unspecified atom stereocenters. The van der Waals surface area contributed by atoms with Crippen LogP contribution in [0.2, 0.25) is 0 Å². The second kappa shape index (κ2) is 7.56. The molecule has 1 aliphatic rings. The normalized spacial score (nSPS) is 13.0. The maximum Gasteiger partial charge on any atom is 0.269 e. The largest absolute Gasteiger partial charge is 0.393 e. The molecule has 0 atom stereocenters. The fourth-order valence-corrected chi connectivity index (χ4v) is 3.47. The van der Waals surface area contributed by atoms with Gasteiger partial charge in [-0.3, -0.25) is 15.6 Å². The van der Waals surface area contributed by atoms with E-state index in [4.69, 9.17) is 5.73 Å². The van der Waals surface area contributed by atoms with Crippen molar-refractivity contribution in [1.29, 1.82) is 0 Å². The van der Waals surface area contributed by atoms with Crippen molar-refractivity contribution in [2.75, 3.05) is 22.6 Å². The summed E-state index contributed by atoms with van der Waals surface area (Å²) in [5.74, 6) is 0.755. The summed E-state index contributed by atoms with van der Waals surface area (Å²) in [5, 5.41) is 0. The van der Waals surface area contributed by atoms with Gasteiger partial charge in [-0.25, -0.2) is 9.97 Å². The highest BCUT2D eigenvalue weighted by Crippen LogP contribution is 2.36. The zero-order valence-corrected chi connectivity index (χ0v) is 15.6. The van der Waals surface area contributed by atoms with Gasteiger partial charge in [0.15, 0.2) is 11.6 Å². The van der Waals surface area contributed by atoms with Crippen LogP contribution in [-0.4, -0.2) is 22.4 Å². The SMILES string of the molecule is Cc1ccccc1C(=O)NNc1ncnc(N2CCCc3ccccc32)c1N. The Hall–Kier alpha value is -3.61. The zero-order valence-electron chi connectivity index (χ0n) is 15.6. The van der Waals surface area contributed by atoms with Gasteiger partial charge in [-0.15, -0.1) is 0 Å². The number of nitrogens with one attached hydrogen (secondary N) is 2. The Kier molecular flexibility index (Phi) is 4.80. The van der Waals surface area contributed by atoms with E-state index in [0.717, 1.165) is 30.6 Å². The number of nitrogen functional groups attached to an aromatic ring is 1. The lowest BCUT2D eigenvalue weighted by Gasteiger charge is -2.31. The lowest BCUT2D eigenvalue weighted by Crippen LogP contribution is -2.31. The van der Waals surface area contributed by atoms with Crippen molar-refractivity contribution >= 4 is 28.9 Å². The van der Waals surface area contributed by atoms with Crippen LogP contribution in [-0.2, 0) is 6.42 Å². The molecule has 1 aromatic heterocycles. The maximum absolute atomic E-state index is 12.4. The fraction of sp³-hybridized carbons (Fsp3) is 0.190. The van der Waals surface area contributed by atoms with Crippen molar-refractivity contribution < 1.29 is 4.79 Å². The average molecular weight is 374 g/mol. The first-order chi connectivity index (χ1) is 13.6. The van der Waals surface area contributed by atoms with E-state index in [9.17, 15) is 4.79 Å². The van der Waals surface area contributed by atoms with Gasteiger partial charge in [0.2, 0.25) is 0 Å². The van der Waals surface area contributed by atoms with Crippen LogP contribution in [0.25, 0.3) is 0 Å². The summed E-state index contributed by atoms with van der Waals surface area (Å²) in [5.41, 5.74) is 16.1. The Morgan fingerprint density at radius 1 is 1.11 bits per heavy atom. The number of fused-ring (bicyclic) bond motifs is 1. The second-order valence-electron chi connectivity index (χ2n) is 6.74. The van der Waals surface area contributed by atoms with Crippen molar-refractivity contribution in [1.82, 2.24) is 15.4 Å². The van der Waals surface area contributed by atoms with Crippen molar-refractivity contribution in [3.05, 3.63) is 71.5 Å². The third-order valence-electron chi connectivity index (χ3n) is 4.91. The molecule has 1 aliphatic heterocycles. The van der Waals surface area contributed by atoms with Crippen LogP contribution in [0.1, 0.15) is 27.9 Å². The number of benzene rings is 2. The minimum atomic E-state index is -0.249. The number of carbonyl (C=O) groups is 1. The van der Waals surface area contributed by atoms with Crippen molar-refractivity contribution in [3.63, 3.8) is 0 Å². The number of aryl methyl sites for hydroxylation is 2. The predicted molar refractivity (Wildman–Crippen MR) is 110 cm³/mol. The summed E-state index contributed by atoms with van der Waals surface area (Å²) < 4.78 is 0. The molecule has 0 radical (unpaired) electrons. The number of anilines is 4. The topological polar surface area (TPSA) is 96.2 Å². The molecule has 142 valence electrons. The van der Waals surface area contributed by atoms with Gasteiger partial charge in [-0.2, -0.15) is 0 Å². The molecule has 4 N–H and O–H groups in total. The molecule has 2 heterocycles. The summed E-state index contributed by atoms with van der Waals surface area (Å²) in [6, 6.07) is 15.6. The molecule has 28 heavy (non-hydrogen) atoms. The fourth-order valence-electron chi connectivity index (χ4n) is 3.47.